The van der Waals surface area contributed by atoms with Gasteiger partial charge >= 0.3 is 0 Å². The van der Waals surface area contributed by atoms with Gasteiger partial charge in [-0.05, 0) is 49.3 Å². The van der Waals surface area contributed by atoms with Gasteiger partial charge in [0.25, 0.3) is 0 Å². The molecule has 2 aliphatic rings. The number of benzene rings is 1. The third-order valence-corrected chi connectivity index (χ3v) is 5.41. The van der Waals surface area contributed by atoms with E-state index in [1.165, 1.54) is 25.7 Å². The van der Waals surface area contributed by atoms with E-state index in [-0.39, 0.29) is 0 Å². The lowest BCUT2D eigenvalue weighted by Crippen LogP contribution is -2.42. The maximum atomic E-state index is 10.3. The van der Waals surface area contributed by atoms with Crippen molar-refractivity contribution in [3.05, 3.63) is 34.9 Å². The van der Waals surface area contributed by atoms with Crippen LogP contribution in [0.1, 0.15) is 44.3 Å². The summed E-state index contributed by atoms with van der Waals surface area (Å²) in [5.41, 5.74) is 1.40. The van der Waals surface area contributed by atoms with E-state index >= 15 is 0 Å². The largest absolute Gasteiger partial charge is 0.386 e. The van der Waals surface area contributed by atoms with Crippen LogP contribution in [0.2, 0.25) is 5.02 Å². The molecule has 1 aromatic carbocycles. The Hall–Kier alpha value is -1.26. The molecule has 1 aliphatic carbocycles. The fraction of sp³-hybridized carbons (Fsp3) is 0.611. The first-order chi connectivity index (χ1) is 11.1. The van der Waals surface area contributed by atoms with Crippen LogP contribution >= 0.6 is 11.6 Å². The number of aliphatic hydroxyl groups excluding tert-OH is 1. The molecule has 126 valence electrons. The third-order valence-electron chi connectivity index (χ3n) is 5.16. The molecular weight excluding hydrogens is 310 g/mol. The van der Waals surface area contributed by atoms with Gasteiger partial charge in [0.2, 0.25) is 0 Å². The summed E-state index contributed by atoms with van der Waals surface area (Å²) in [5, 5.41) is 14.4. The first-order valence-corrected chi connectivity index (χ1v) is 8.96. The van der Waals surface area contributed by atoms with Gasteiger partial charge in [-0.2, -0.15) is 0 Å². The molecule has 3 rings (SSSR count). The van der Waals surface area contributed by atoms with Gasteiger partial charge in [0, 0.05) is 24.7 Å². The van der Waals surface area contributed by atoms with E-state index in [0.717, 1.165) is 31.2 Å². The van der Waals surface area contributed by atoms with Gasteiger partial charge in [0.1, 0.15) is 0 Å². The number of nitrogens with one attached hydrogen (secondary N) is 1. The summed E-state index contributed by atoms with van der Waals surface area (Å²) >= 11 is 5.89. The van der Waals surface area contributed by atoms with Crippen LogP contribution in [0, 0.1) is 5.41 Å². The summed E-state index contributed by atoms with van der Waals surface area (Å²) in [7, 11) is 0. The quantitative estimate of drug-likeness (QED) is 0.656. The van der Waals surface area contributed by atoms with Crippen molar-refractivity contribution < 1.29 is 5.11 Å². The molecule has 0 aromatic heterocycles. The predicted octanol–water partition coefficient (Wildman–Crippen LogP) is 3.21. The van der Waals surface area contributed by atoms with Crippen molar-refractivity contribution in [3.8, 4) is 0 Å². The first-order valence-electron chi connectivity index (χ1n) is 8.59. The Morgan fingerprint density at radius 3 is 2.65 bits per heavy atom. The minimum Gasteiger partial charge on any atom is -0.386 e. The van der Waals surface area contributed by atoms with E-state index in [1.807, 2.05) is 12.1 Å². The van der Waals surface area contributed by atoms with Crippen molar-refractivity contribution in [2.24, 2.45) is 10.4 Å². The van der Waals surface area contributed by atoms with E-state index in [9.17, 15) is 5.11 Å². The standard InChI is InChI=1S/C18H26ClN3O/c1-2-20-17(22-11-10-18(13-22)8-3-9-18)21-12-16(23)14-4-6-15(19)7-5-14/h4-7,16,23H,2-3,8-13H2,1H3,(H,20,21). The highest BCUT2D eigenvalue weighted by atomic mass is 35.5. The summed E-state index contributed by atoms with van der Waals surface area (Å²) in [6.07, 6.45) is 4.77. The lowest BCUT2D eigenvalue weighted by molar-refractivity contribution is 0.151. The SMILES string of the molecule is CCNC(=NCC(O)c1ccc(Cl)cc1)N1CCC2(CCC2)C1. The Bertz CT molecular complexity index is 554. The van der Waals surface area contributed by atoms with Crippen LogP contribution in [-0.2, 0) is 0 Å². The normalized spacial score (nSPS) is 21.3. The summed E-state index contributed by atoms with van der Waals surface area (Å²) in [4.78, 5) is 7.02. The van der Waals surface area contributed by atoms with Gasteiger partial charge in [-0.25, -0.2) is 0 Å². The summed E-state index contributed by atoms with van der Waals surface area (Å²) in [6.45, 7) is 5.48. The number of hydrogen-bond donors (Lipinski definition) is 2. The molecule has 1 aliphatic heterocycles. The third kappa shape index (κ3) is 3.81. The minimum atomic E-state index is -0.596. The zero-order chi connectivity index (χ0) is 16.3. The molecule has 0 radical (unpaired) electrons. The number of hydrogen-bond acceptors (Lipinski definition) is 2. The van der Waals surface area contributed by atoms with Gasteiger partial charge < -0.3 is 15.3 Å². The average molecular weight is 336 g/mol. The lowest BCUT2D eigenvalue weighted by atomic mass is 9.68. The highest BCUT2D eigenvalue weighted by molar-refractivity contribution is 6.30. The Kier molecular flexibility index (Phi) is 5.12. The molecular formula is C18H26ClN3O. The van der Waals surface area contributed by atoms with Crippen LogP contribution in [0.15, 0.2) is 29.3 Å². The van der Waals surface area contributed by atoms with Crippen LogP contribution in [0.4, 0.5) is 0 Å². The molecule has 0 bridgehead atoms. The molecule has 1 heterocycles. The summed E-state index contributed by atoms with van der Waals surface area (Å²) in [6, 6.07) is 7.31. The second kappa shape index (κ2) is 7.10. The second-order valence-corrected chi connectivity index (χ2v) is 7.22. The number of rotatable bonds is 4. The Labute approximate surface area is 143 Å². The number of nitrogens with zero attached hydrogens (tertiary/aromatic N) is 2. The predicted molar refractivity (Wildman–Crippen MR) is 94.9 cm³/mol. The van der Waals surface area contributed by atoms with Crippen molar-refractivity contribution >= 4 is 17.6 Å². The molecule has 23 heavy (non-hydrogen) atoms. The number of aliphatic imine (C=N–C) groups is 1. The van der Waals surface area contributed by atoms with Crippen molar-refractivity contribution in [2.75, 3.05) is 26.2 Å². The topological polar surface area (TPSA) is 47.9 Å². The molecule has 5 heteroatoms. The number of aliphatic hydroxyl groups is 1. The summed E-state index contributed by atoms with van der Waals surface area (Å²) < 4.78 is 0. The van der Waals surface area contributed by atoms with Crippen LogP contribution in [-0.4, -0.2) is 42.1 Å². The van der Waals surface area contributed by atoms with Crippen molar-refractivity contribution in [1.82, 2.24) is 10.2 Å². The highest BCUT2D eigenvalue weighted by Crippen LogP contribution is 2.47. The zero-order valence-corrected chi connectivity index (χ0v) is 14.5. The van der Waals surface area contributed by atoms with E-state index in [4.69, 9.17) is 11.6 Å². The molecule has 2 fully saturated rings. The van der Waals surface area contributed by atoms with Crippen LogP contribution in [0.5, 0.6) is 0 Å². The Morgan fingerprint density at radius 1 is 1.35 bits per heavy atom. The number of likely N-dealkylation sites (tertiary alicyclic amines) is 1. The smallest absolute Gasteiger partial charge is 0.194 e. The maximum Gasteiger partial charge on any atom is 0.194 e. The van der Waals surface area contributed by atoms with Crippen LogP contribution in [0.3, 0.4) is 0 Å². The first kappa shape index (κ1) is 16.6. The zero-order valence-electron chi connectivity index (χ0n) is 13.8. The molecule has 0 amide bonds. The van der Waals surface area contributed by atoms with Gasteiger partial charge in [-0.15, -0.1) is 0 Å². The molecule has 1 saturated heterocycles. The van der Waals surface area contributed by atoms with Crippen LogP contribution in [0.25, 0.3) is 0 Å². The van der Waals surface area contributed by atoms with Gasteiger partial charge in [0.15, 0.2) is 5.96 Å². The fourth-order valence-electron chi connectivity index (χ4n) is 3.59. The van der Waals surface area contributed by atoms with Crippen LogP contribution < -0.4 is 5.32 Å². The van der Waals surface area contributed by atoms with Crippen molar-refractivity contribution in [2.45, 2.75) is 38.7 Å². The maximum absolute atomic E-state index is 10.3. The molecule has 1 unspecified atom stereocenters. The molecule has 1 atom stereocenters. The monoisotopic (exact) mass is 335 g/mol. The van der Waals surface area contributed by atoms with Crippen molar-refractivity contribution in [3.63, 3.8) is 0 Å². The molecule has 2 N–H and O–H groups in total. The van der Waals surface area contributed by atoms with E-state index in [1.54, 1.807) is 12.1 Å². The molecule has 1 spiro atoms. The molecule has 1 aromatic rings. The minimum absolute atomic E-state index is 0.369. The lowest BCUT2D eigenvalue weighted by Gasteiger charge is -2.38. The second-order valence-electron chi connectivity index (χ2n) is 6.79. The fourth-order valence-corrected chi connectivity index (χ4v) is 3.72. The summed E-state index contributed by atoms with van der Waals surface area (Å²) in [5.74, 6) is 0.935. The van der Waals surface area contributed by atoms with E-state index in [2.05, 4.69) is 22.1 Å². The number of halogens is 1. The van der Waals surface area contributed by atoms with Crippen molar-refractivity contribution in [1.29, 1.82) is 0 Å². The number of guanidine groups is 1. The van der Waals surface area contributed by atoms with Gasteiger partial charge in [-0.1, -0.05) is 30.2 Å². The Balaban J connectivity index is 1.63. The molecule has 1 saturated carbocycles. The average Bonchev–Trinajstić information content (AvgIpc) is 2.97. The Morgan fingerprint density at radius 2 is 2.09 bits per heavy atom. The van der Waals surface area contributed by atoms with Gasteiger partial charge in [0.05, 0.1) is 12.6 Å². The highest BCUT2D eigenvalue weighted by Gasteiger charge is 2.43. The van der Waals surface area contributed by atoms with Gasteiger partial charge in [-0.3, -0.25) is 4.99 Å². The molecule has 4 nitrogen and oxygen atoms in total. The van der Waals surface area contributed by atoms with E-state index < -0.39 is 6.10 Å². The van der Waals surface area contributed by atoms with E-state index in [0.29, 0.717) is 17.0 Å².